The van der Waals surface area contributed by atoms with E-state index in [1.54, 1.807) is 67.3 Å². The number of nitrogens with one attached hydrogen (secondary N) is 8. The maximum absolute atomic E-state index is 14.9. The average Bonchev–Trinajstić information content (AvgIpc) is 1.62. The molecule has 119 heavy (non-hydrogen) atoms. The third kappa shape index (κ3) is 16.0. The highest BCUT2D eigenvalue weighted by molar-refractivity contribution is 6.35. The SMILES string of the molecule is COc1ccc(-c2c(C(=O)O)[nH]c(-c3cc(F)cc4[nH]ccc34)c2C(C)C)c(Cl)c1.COc1ccc(-c2c(C(=O)O)[nH]c(-c3cc(F)cc4[nH]ccc34)c2C(C)C)c(F)c1.COc1ccc(-c2c(C(=O)O)[nH]c(-c3cc(F)cc4[nH]ccc34)c2C(C)C)c(F)c1.Cc1cccc(-c2c(C(=O)O)[nH]c(-c3cc(F)cc4[nH]ccc34)c2C(C)C)c1Cl. The van der Waals surface area contributed by atoms with E-state index in [0.29, 0.717) is 128 Å². The minimum absolute atomic E-state index is 0.00807. The number of carboxylic acid groups (broad SMARTS) is 4. The molecular formula is C92H80Cl2F6N8O11. The topological polar surface area (TPSA) is 303 Å². The van der Waals surface area contributed by atoms with Crippen molar-refractivity contribution in [1.82, 2.24) is 39.9 Å². The summed E-state index contributed by atoms with van der Waals surface area (Å²) in [7, 11) is 4.39. The largest absolute Gasteiger partial charge is 0.497 e. The van der Waals surface area contributed by atoms with E-state index in [4.69, 9.17) is 37.4 Å². The molecule has 8 aromatic heterocycles. The molecule has 16 rings (SSSR count). The Morgan fingerprint density at radius 1 is 0.336 bits per heavy atom. The van der Waals surface area contributed by atoms with E-state index in [9.17, 15) is 65.9 Å². The lowest BCUT2D eigenvalue weighted by Gasteiger charge is -2.14. The number of aromatic nitrogens is 8. The van der Waals surface area contributed by atoms with Crippen molar-refractivity contribution in [1.29, 1.82) is 0 Å². The predicted molar refractivity (Wildman–Crippen MR) is 452 cm³/mol. The van der Waals surface area contributed by atoms with Crippen molar-refractivity contribution in [2.24, 2.45) is 0 Å². The number of benzene rings is 8. The molecule has 0 aliphatic carbocycles. The number of rotatable bonds is 19. The number of aromatic amines is 8. The van der Waals surface area contributed by atoms with Gasteiger partial charge < -0.3 is 74.5 Å². The Hall–Kier alpha value is -13.5. The number of methoxy groups -OCH3 is 3. The molecule has 19 nitrogen and oxygen atoms in total. The number of ether oxygens (including phenoxy) is 3. The molecule has 12 N–H and O–H groups in total. The molecule has 0 amide bonds. The Bertz CT molecular complexity index is 6180. The lowest BCUT2D eigenvalue weighted by atomic mass is 9.89. The third-order valence-electron chi connectivity index (χ3n) is 20.7. The van der Waals surface area contributed by atoms with Crippen LogP contribution in [0.4, 0.5) is 26.3 Å². The number of H-pyrrole nitrogens is 8. The molecule has 0 saturated heterocycles. The number of hydrogen-bond acceptors (Lipinski definition) is 7. The van der Waals surface area contributed by atoms with Crippen molar-refractivity contribution in [3.05, 3.63) is 266 Å². The summed E-state index contributed by atoms with van der Waals surface area (Å²) in [4.78, 5) is 72.4. The van der Waals surface area contributed by atoms with Gasteiger partial charge in [0.15, 0.2) is 0 Å². The van der Waals surface area contributed by atoms with Crippen molar-refractivity contribution >= 4 is 90.7 Å². The number of halogens is 8. The van der Waals surface area contributed by atoms with Crippen LogP contribution < -0.4 is 14.2 Å². The Labute approximate surface area is 687 Å². The van der Waals surface area contributed by atoms with Gasteiger partial charge in [0.2, 0.25) is 0 Å². The summed E-state index contributed by atoms with van der Waals surface area (Å²) in [5.74, 6) is -6.79. The molecule has 0 aliphatic rings. The van der Waals surface area contributed by atoms with Gasteiger partial charge in [0.1, 0.15) is 74.9 Å². The summed E-state index contributed by atoms with van der Waals surface area (Å²) in [6, 6.07) is 37.7. The van der Waals surface area contributed by atoms with Gasteiger partial charge in [-0.3, -0.25) is 0 Å². The van der Waals surface area contributed by atoms with E-state index in [0.717, 1.165) is 38.2 Å². The van der Waals surface area contributed by atoms with Gasteiger partial charge in [-0.05, 0) is 174 Å². The molecule has 0 bridgehead atoms. The number of fused-ring (bicyclic) bond motifs is 4. The highest BCUT2D eigenvalue weighted by Gasteiger charge is 2.34. The van der Waals surface area contributed by atoms with Crippen LogP contribution in [0.1, 0.15) is 149 Å². The van der Waals surface area contributed by atoms with Gasteiger partial charge in [0, 0.05) is 147 Å². The van der Waals surface area contributed by atoms with Gasteiger partial charge in [-0.2, -0.15) is 0 Å². The Morgan fingerprint density at radius 3 is 0.866 bits per heavy atom. The minimum Gasteiger partial charge on any atom is -0.497 e. The molecule has 0 radical (unpaired) electrons. The second-order valence-electron chi connectivity index (χ2n) is 29.5. The summed E-state index contributed by atoms with van der Waals surface area (Å²) in [6.07, 6.45) is 6.84. The lowest BCUT2D eigenvalue weighted by molar-refractivity contribution is 0.0681. The summed E-state index contributed by atoms with van der Waals surface area (Å²) < 4.78 is 102. The average molecular weight is 1660 g/mol. The highest BCUT2D eigenvalue weighted by Crippen LogP contribution is 2.50. The van der Waals surface area contributed by atoms with Crippen molar-refractivity contribution in [2.45, 2.75) is 86.0 Å². The first kappa shape index (κ1) is 83.4. The first-order valence-corrected chi connectivity index (χ1v) is 38.3. The van der Waals surface area contributed by atoms with Crippen LogP contribution in [0.5, 0.6) is 17.2 Å². The smallest absolute Gasteiger partial charge is 0.352 e. The summed E-state index contributed by atoms with van der Waals surface area (Å²) in [5, 5.41) is 43.5. The molecule has 16 aromatic rings. The standard InChI is InChI=1S/C23H20ClFN2O3.C23H20ClFN2O2.2C23H20F2N2O3/c1-11(2)19-20(15-5-4-13(30-3)10-17(15)24)22(23(28)29)27-21(19)16-8-12(25)9-18-14(16)6-7-26-18;1-11(2)18-19(15-6-4-5-12(3)20(15)24)22(23(28)29)27-21(18)16-9-13(25)10-17-14(16)7-8-26-17;2*1-11(2)19-20(15-5-4-13(30-3)10-17(15)25)22(23(28)29)27-21(19)16-8-12(24)9-18-14(16)6-7-26-18/h4-11,26-27H,1-3H3,(H,28,29);4-11,26-27H,1-3H3,(H,28,29);2*4-11,26-27H,1-3H3,(H,28,29). The molecular weight excluding hydrogens is 1580 g/mol. The van der Waals surface area contributed by atoms with Crippen LogP contribution >= 0.6 is 23.2 Å². The minimum atomic E-state index is -1.23. The Morgan fingerprint density at radius 2 is 0.605 bits per heavy atom. The second kappa shape index (κ2) is 34.0. The van der Waals surface area contributed by atoms with Gasteiger partial charge >= 0.3 is 23.9 Å². The number of carboxylic acids is 4. The highest BCUT2D eigenvalue weighted by atomic mass is 35.5. The third-order valence-corrected chi connectivity index (χ3v) is 21.5. The van der Waals surface area contributed by atoms with Crippen LogP contribution in [0.15, 0.2) is 170 Å². The van der Waals surface area contributed by atoms with Crippen molar-refractivity contribution in [3.8, 4) is 107 Å². The van der Waals surface area contributed by atoms with Gasteiger partial charge in [-0.1, -0.05) is 96.8 Å². The first-order valence-electron chi connectivity index (χ1n) is 37.6. The summed E-state index contributed by atoms with van der Waals surface area (Å²) in [5.41, 5.74) is 13.2. The van der Waals surface area contributed by atoms with Crippen LogP contribution in [0.25, 0.3) is 133 Å². The molecule has 0 saturated carbocycles. The first-order chi connectivity index (χ1) is 56.7. The molecule has 0 aliphatic heterocycles. The van der Waals surface area contributed by atoms with Crippen LogP contribution in [-0.4, -0.2) is 106 Å². The molecule has 0 unspecified atom stereocenters. The van der Waals surface area contributed by atoms with Gasteiger partial charge in [-0.25, -0.2) is 45.5 Å². The zero-order chi connectivity index (χ0) is 85.6. The zero-order valence-electron chi connectivity index (χ0n) is 66.1. The molecule has 8 heterocycles. The number of aryl methyl sites for hydroxylation is 1. The number of aromatic carboxylic acids is 4. The molecule has 610 valence electrons. The van der Waals surface area contributed by atoms with Crippen LogP contribution in [0.2, 0.25) is 10.0 Å². The Balaban J connectivity index is 0.000000137. The van der Waals surface area contributed by atoms with Crippen LogP contribution in [0.3, 0.4) is 0 Å². The normalized spacial score (nSPS) is 11.4. The van der Waals surface area contributed by atoms with Crippen molar-refractivity contribution in [3.63, 3.8) is 0 Å². The summed E-state index contributed by atoms with van der Waals surface area (Å²) >= 11 is 13.1. The quantitative estimate of drug-likeness (QED) is 0.0338. The molecule has 8 aromatic carbocycles. The Kier molecular flexibility index (Phi) is 23.8. The van der Waals surface area contributed by atoms with Gasteiger partial charge in [-0.15, -0.1) is 0 Å². The predicted octanol–water partition coefficient (Wildman–Crippen LogP) is 25.1. The van der Waals surface area contributed by atoms with E-state index >= 15 is 0 Å². The van der Waals surface area contributed by atoms with Crippen molar-refractivity contribution in [2.75, 3.05) is 21.3 Å². The van der Waals surface area contributed by atoms with E-state index in [2.05, 4.69) is 39.9 Å². The van der Waals surface area contributed by atoms with E-state index in [-0.39, 0.29) is 68.7 Å². The number of hydrogen-bond donors (Lipinski definition) is 12. The fourth-order valence-electron chi connectivity index (χ4n) is 15.6. The van der Waals surface area contributed by atoms with E-state index < -0.39 is 58.8 Å². The van der Waals surface area contributed by atoms with Crippen molar-refractivity contribution < 1.29 is 80.2 Å². The maximum Gasteiger partial charge on any atom is 0.352 e. The summed E-state index contributed by atoms with van der Waals surface area (Å²) in [6.45, 7) is 17.3. The number of carbonyl (C=O) groups is 4. The van der Waals surface area contributed by atoms with Crippen LogP contribution in [0, 0.1) is 41.8 Å². The molecule has 0 fully saturated rings. The molecule has 0 spiro atoms. The maximum atomic E-state index is 14.9. The molecule has 27 heteroatoms. The van der Waals surface area contributed by atoms with Crippen LogP contribution in [-0.2, 0) is 0 Å². The lowest BCUT2D eigenvalue weighted by Crippen LogP contribution is -2.01. The van der Waals surface area contributed by atoms with Gasteiger partial charge in [0.05, 0.1) is 54.2 Å². The van der Waals surface area contributed by atoms with E-state index in [1.807, 2.05) is 92.6 Å². The van der Waals surface area contributed by atoms with E-state index in [1.165, 1.54) is 94.1 Å². The fourth-order valence-corrected chi connectivity index (χ4v) is 16.1. The monoisotopic (exact) mass is 1660 g/mol. The molecule has 0 atom stereocenters. The second-order valence-corrected chi connectivity index (χ2v) is 30.3. The zero-order valence-corrected chi connectivity index (χ0v) is 67.7. The van der Waals surface area contributed by atoms with Gasteiger partial charge in [0.25, 0.3) is 0 Å². The fraction of sp³-hybridized carbons (Fsp3) is 0.174.